The Morgan fingerprint density at radius 1 is 1.05 bits per heavy atom. The monoisotopic (exact) mass is 293 g/mol. The smallest absolute Gasteiger partial charge is 0.270 e. The van der Waals surface area contributed by atoms with Crippen LogP contribution in [0.5, 0.6) is 0 Å². The fourth-order valence-corrected chi connectivity index (χ4v) is 2.20. The number of hydrogen-bond donors (Lipinski definition) is 2. The highest BCUT2D eigenvalue weighted by Crippen LogP contribution is 2.06. The Morgan fingerprint density at radius 2 is 1.77 bits per heavy atom. The first-order valence-corrected chi connectivity index (χ1v) is 7.01. The van der Waals surface area contributed by atoms with Crippen molar-refractivity contribution >= 4 is 16.9 Å². The Bertz CT molecular complexity index is 856. The van der Waals surface area contributed by atoms with Gasteiger partial charge in [0.05, 0.1) is 17.5 Å². The van der Waals surface area contributed by atoms with Crippen LogP contribution in [0.15, 0.2) is 59.4 Å². The molecule has 1 amide bonds. The van der Waals surface area contributed by atoms with Crippen LogP contribution in [0, 0.1) is 0 Å². The van der Waals surface area contributed by atoms with E-state index in [4.69, 9.17) is 0 Å². The first kappa shape index (κ1) is 14.0. The topological polar surface area (TPSA) is 74.8 Å². The Kier molecular flexibility index (Phi) is 3.96. The lowest BCUT2D eigenvalue weighted by molar-refractivity contribution is -0.120. The minimum Gasteiger partial charge on any atom is -0.352 e. The first-order valence-electron chi connectivity index (χ1n) is 7.01. The summed E-state index contributed by atoms with van der Waals surface area (Å²) in [6.07, 6.45) is -0.0347. The molecule has 22 heavy (non-hydrogen) atoms. The molecule has 0 aliphatic carbocycles. The summed E-state index contributed by atoms with van der Waals surface area (Å²) in [7, 11) is 0. The summed E-state index contributed by atoms with van der Waals surface area (Å²) >= 11 is 0. The molecule has 0 radical (unpaired) electrons. The number of carbonyl (C=O) groups excluding carboxylic acids is 1. The van der Waals surface area contributed by atoms with Crippen molar-refractivity contribution in [1.29, 1.82) is 0 Å². The van der Waals surface area contributed by atoms with Crippen LogP contribution in [0.25, 0.3) is 11.0 Å². The Hall–Kier alpha value is -2.95. The van der Waals surface area contributed by atoms with E-state index >= 15 is 0 Å². The molecule has 1 heterocycles. The quantitative estimate of drug-likeness (QED) is 0.770. The second-order valence-corrected chi connectivity index (χ2v) is 4.97. The summed E-state index contributed by atoms with van der Waals surface area (Å²) in [5, 5.41) is 2.79. The third-order valence-corrected chi connectivity index (χ3v) is 3.33. The van der Waals surface area contributed by atoms with Crippen molar-refractivity contribution in [3.63, 3.8) is 0 Å². The molecule has 3 rings (SSSR count). The Balaban J connectivity index is 1.71. The van der Waals surface area contributed by atoms with Crippen LogP contribution in [0.3, 0.4) is 0 Å². The molecule has 2 N–H and O–H groups in total. The number of hydrogen-bond acceptors (Lipinski definition) is 3. The highest BCUT2D eigenvalue weighted by atomic mass is 16.2. The highest BCUT2D eigenvalue weighted by molar-refractivity contribution is 5.79. The molecule has 2 aromatic carbocycles. The molecular formula is C17H15N3O2. The number of carbonyl (C=O) groups is 1. The van der Waals surface area contributed by atoms with Gasteiger partial charge in [-0.3, -0.25) is 9.59 Å². The van der Waals surface area contributed by atoms with Gasteiger partial charge in [0.15, 0.2) is 0 Å². The molecule has 0 saturated carbocycles. The van der Waals surface area contributed by atoms with Crippen LogP contribution >= 0.6 is 0 Å². The van der Waals surface area contributed by atoms with E-state index in [1.54, 1.807) is 12.1 Å². The maximum absolute atomic E-state index is 12.0. The number of rotatable bonds is 4. The summed E-state index contributed by atoms with van der Waals surface area (Å²) in [4.78, 5) is 30.9. The Morgan fingerprint density at radius 3 is 2.59 bits per heavy atom. The zero-order valence-electron chi connectivity index (χ0n) is 11.9. The molecule has 0 bridgehead atoms. The van der Waals surface area contributed by atoms with Gasteiger partial charge < -0.3 is 10.3 Å². The maximum Gasteiger partial charge on any atom is 0.270 e. The molecule has 1 aromatic heterocycles. The molecule has 0 aliphatic heterocycles. The second kappa shape index (κ2) is 6.22. The predicted molar refractivity (Wildman–Crippen MR) is 84.4 cm³/mol. The van der Waals surface area contributed by atoms with Crippen molar-refractivity contribution in [2.45, 2.75) is 13.0 Å². The summed E-state index contributed by atoms with van der Waals surface area (Å²) in [5.41, 5.74) is 2.25. The van der Waals surface area contributed by atoms with Crippen molar-refractivity contribution in [3.05, 3.63) is 76.2 Å². The van der Waals surface area contributed by atoms with Crippen LogP contribution < -0.4 is 10.9 Å². The van der Waals surface area contributed by atoms with E-state index in [2.05, 4.69) is 15.3 Å². The van der Waals surface area contributed by atoms with Gasteiger partial charge in [-0.15, -0.1) is 0 Å². The molecule has 0 saturated heterocycles. The minimum atomic E-state index is -0.325. The van der Waals surface area contributed by atoms with Gasteiger partial charge in [0, 0.05) is 6.54 Å². The van der Waals surface area contributed by atoms with Gasteiger partial charge in [-0.1, -0.05) is 42.5 Å². The largest absolute Gasteiger partial charge is 0.352 e. The van der Waals surface area contributed by atoms with Crippen LogP contribution in [0.1, 0.15) is 11.3 Å². The number of nitrogens with one attached hydrogen (secondary N) is 2. The summed E-state index contributed by atoms with van der Waals surface area (Å²) in [5.74, 6) is -0.225. The van der Waals surface area contributed by atoms with E-state index in [1.807, 2.05) is 42.5 Å². The molecule has 3 aromatic rings. The van der Waals surface area contributed by atoms with E-state index in [1.165, 1.54) is 0 Å². The van der Waals surface area contributed by atoms with Crippen LogP contribution in [-0.2, 0) is 17.8 Å². The van der Waals surface area contributed by atoms with Crippen LogP contribution in [0.2, 0.25) is 0 Å². The van der Waals surface area contributed by atoms with Gasteiger partial charge in [-0.05, 0) is 17.7 Å². The first-order chi connectivity index (χ1) is 10.7. The van der Waals surface area contributed by atoms with Crippen LogP contribution in [0.4, 0.5) is 0 Å². The van der Waals surface area contributed by atoms with E-state index < -0.39 is 0 Å². The summed E-state index contributed by atoms with van der Waals surface area (Å²) in [6.45, 7) is 0.436. The number of H-pyrrole nitrogens is 1. The number of amides is 1. The fourth-order valence-electron chi connectivity index (χ4n) is 2.20. The van der Waals surface area contributed by atoms with Crippen LogP contribution in [-0.4, -0.2) is 15.9 Å². The van der Waals surface area contributed by atoms with E-state index in [9.17, 15) is 9.59 Å². The number of para-hydroxylation sites is 2. The van der Waals surface area contributed by atoms with Gasteiger partial charge in [-0.2, -0.15) is 0 Å². The van der Waals surface area contributed by atoms with E-state index in [-0.39, 0.29) is 23.6 Å². The third-order valence-electron chi connectivity index (χ3n) is 3.33. The van der Waals surface area contributed by atoms with E-state index in [0.717, 1.165) is 5.56 Å². The predicted octanol–water partition coefficient (Wildman–Crippen LogP) is 1.78. The molecule has 5 heteroatoms. The molecule has 0 spiro atoms. The molecule has 0 unspecified atom stereocenters. The van der Waals surface area contributed by atoms with Gasteiger partial charge in [0.25, 0.3) is 5.56 Å². The Labute approximate surface area is 127 Å². The molecule has 110 valence electrons. The highest BCUT2D eigenvalue weighted by Gasteiger charge is 2.10. The van der Waals surface area contributed by atoms with Crippen molar-refractivity contribution in [2.24, 2.45) is 0 Å². The van der Waals surface area contributed by atoms with E-state index in [0.29, 0.717) is 17.6 Å². The number of nitrogens with zero attached hydrogens (tertiary/aromatic N) is 1. The van der Waals surface area contributed by atoms with Gasteiger partial charge in [0.1, 0.15) is 5.69 Å². The zero-order valence-corrected chi connectivity index (χ0v) is 11.9. The SMILES string of the molecule is O=C(Cc1nc2ccccc2[nH]c1=O)NCc1ccccc1. The lowest BCUT2D eigenvalue weighted by atomic mass is 10.2. The molecule has 5 nitrogen and oxygen atoms in total. The van der Waals surface area contributed by atoms with Gasteiger partial charge >= 0.3 is 0 Å². The molecule has 0 aliphatic rings. The van der Waals surface area contributed by atoms with Gasteiger partial charge in [-0.25, -0.2) is 4.98 Å². The number of benzene rings is 2. The van der Waals surface area contributed by atoms with Crippen molar-refractivity contribution in [3.8, 4) is 0 Å². The lowest BCUT2D eigenvalue weighted by Gasteiger charge is -2.05. The second-order valence-electron chi connectivity index (χ2n) is 4.97. The van der Waals surface area contributed by atoms with Crippen molar-refractivity contribution in [2.75, 3.05) is 0 Å². The van der Waals surface area contributed by atoms with Crippen molar-refractivity contribution < 1.29 is 4.79 Å². The van der Waals surface area contributed by atoms with Crippen molar-refractivity contribution in [1.82, 2.24) is 15.3 Å². The normalized spacial score (nSPS) is 10.5. The molecule has 0 fully saturated rings. The number of fused-ring (bicyclic) bond motifs is 1. The summed E-state index contributed by atoms with van der Waals surface area (Å²) in [6, 6.07) is 16.9. The number of aromatic nitrogens is 2. The average Bonchev–Trinajstić information content (AvgIpc) is 2.55. The summed E-state index contributed by atoms with van der Waals surface area (Å²) < 4.78 is 0. The fraction of sp³-hybridized carbons (Fsp3) is 0.118. The standard InChI is InChI=1S/C17H15N3O2/c21-16(18-11-12-6-2-1-3-7-12)10-15-17(22)20-14-9-5-4-8-13(14)19-15/h1-9H,10-11H2,(H,18,21)(H,20,22). The lowest BCUT2D eigenvalue weighted by Crippen LogP contribution is -2.28. The minimum absolute atomic E-state index is 0.0347. The third kappa shape index (κ3) is 3.20. The molecular weight excluding hydrogens is 278 g/mol. The zero-order chi connectivity index (χ0) is 15.4. The average molecular weight is 293 g/mol. The molecule has 0 atom stereocenters. The maximum atomic E-state index is 12.0. The number of aromatic amines is 1. The van der Waals surface area contributed by atoms with Gasteiger partial charge in [0.2, 0.25) is 5.91 Å².